The van der Waals surface area contributed by atoms with Gasteiger partial charge in [0.1, 0.15) is 12.5 Å². The average molecular weight is 196 g/mol. The molecule has 0 heterocycles. The lowest BCUT2D eigenvalue weighted by Gasteiger charge is -2.00. The first-order valence-corrected chi connectivity index (χ1v) is 6.09. The van der Waals surface area contributed by atoms with E-state index in [1.807, 2.05) is 43.7 Å². The molecule has 0 unspecified atom stereocenters. The fourth-order valence-electron chi connectivity index (χ4n) is 0.949. The van der Waals surface area contributed by atoms with E-state index >= 15 is 0 Å². The van der Waals surface area contributed by atoms with Crippen molar-refractivity contribution in [1.82, 2.24) is 4.72 Å². The number of benzene rings is 1. The third kappa shape index (κ3) is 3.11. The number of hydrogen-bond donors (Lipinski definition) is 1. The van der Waals surface area contributed by atoms with Crippen molar-refractivity contribution < 1.29 is 4.79 Å². The molecule has 1 N–H and O–H groups in total. The molecule has 1 rings (SSSR count). The highest BCUT2D eigenvalue weighted by molar-refractivity contribution is 7.94. The Morgan fingerprint density at radius 3 is 2.23 bits per heavy atom. The quantitative estimate of drug-likeness (QED) is 0.714. The molecule has 13 heavy (non-hydrogen) atoms. The zero-order valence-electron chi connectivity index (χ0n) is 8.13. The molecule has 0 aliphatic rings. The number of aryl methyl sites for hydroxylation is 1. The number of hydrogen-bond acceptors (Lipinski definition) is 1. The van der Waals surface area contributed by atoms with Gasteiger partial charge in [-0.3, -0.25) is 4.79 Å². The lowest BCUT2D eigenvalue weighted by molar-refractivity contribution is 0.0983. The lowest BCUT2D eigenvalue weighted by atomic mass is 10.1. The number of carbonyl (C=O) groups excluding carboxylic acids is 1. The van der Waals surface area contributed by atoms with E-state index in [9.17, 15) is 4.79 Å². The lowest BCUT2D eigenvalue weighted by Crippen LogP contribution is -2.28. The molecule has 1 aromatic carbocycles. The highest BCUT2D eigenvalue weighted by atomic mass is 32.2. The summed E-state index contributed by atoms with van der Waals surface area (Å²) >= 11 is -0.0510. The van der Waals surface area contributed by atoms with Crippen LogP contribution >= 0.6 is 0 Å². The standard InChI is InChI=1S/C10H13NOS/c1-8-4-6-9(7-5-8)10(12)11-13(2)3/h4-7H,1-3H3/p+1. The molecule has 0 aliphatic carbocycles. The van der Waals surface area contributed by atoms with E-state index in [0.717, 1.165) is 5.56 Å². The Bertz CT molecular complexity index is 292. The molecule has 0 aromatic heterocycles. The summed E-state index contributed by atoms with van der Waals surface area (Å²) in [6.07, 6.45) is 3.96. The van der Waals surface area contributed by atoms with Gasteiger partial charge in [-0.1, -0.05) is 17.7 Å². The van der Waals surface area contributed by atoms with Crippen LogP contribution in [0.4, 0.5) is 0 Å². The second kappa shape index (κ2) is 4.33. The van der Waals surface area contributed by atoms with E-state index < -0.39 is 0 Å². The monoisotopic (exact) mass is 196 g/mol. The second-order valence-electron chi connectivity index (χ2n) is 3.11. The predicted octanol–water partition coefficient (Wildman–Crippen LogP) is 1.52. The fourth-order valence-corrected chi connectivity index (χ4v) is 1.44. The van der Waals surface area contributed by atoms with Crippen molar-refractivity contribution in [3.63, 3.8) is 0 Å². The zero-order valence-corrected chi connectivity index (χ0v) is 8.94. The van der Waals surface area contributed by atoms with Gasteiger partial charge in [-0.05, 0) is 19.1 Å². The van der Waals surface area contributed by atoms with Crippen molar-refractivity contribution in [2.24, 2.45) is 0 Å². The molecular formula is C10H14NOS+. The van der Waals surface area contributed by atoms with Crippen LogP contribution in [0.15, 0.2) is 24.3 Å². The van der Waals surface area contributed by atoms with Crippen molar-refractivity contribution in [2.75, 3.05) is 12.5 Å². The minimum absolute atomic E-state index is 0.00772. The van der Waals surface area contributed by atoms with E-state index in [-0.39, 0.29) is 17.0 Å². The summed E-state index contributed by atoms with van der Waals surface area (Å²) < 4.78 is 2.87. The third-order valence-electron chi connectivity index (χ3n) is 1.61. The Labute approximate surface area is 81.8 Å². The van der Waals surface area contributed by atoms with Crippen LogP contribution in [0.5, 0.6) is 0 Å². The highest BCUT2D eigenvalue weighted by Crippen LogP contribution is 2.02. The largest absolute Gasteiger partial charge is 0.292 e. The Balaban J connectivity index is 2.72. The molecular weight excluding hydrogens is 182 g/mol. The normalized spacial score (nSPS) is 10.2. The Hall–Kier alpha value is -0.960. The molecule has 0 radical (unpaired) electrons. The van der Waals surface area contributed by atoms with E-state index in [4.69, 9.17) is 0 Å². The molecule has 1 amide bonds. The van der Waals surface area contributed by atoms with Crippen LogP contribution < -0.4 is 4.72 Å². The third-order valence-corrected chi connectivity index (χ3v) is 2.20. The summed E-state index contributed by atoms with van der Waals surface area (Å²) in [5.74, 6) is 0.00772. The summed E-state index contributed by atoms with van der Waals surface area (Å²) in [6, 6.07) is 7.58. The molecule has 1 aromatic rings. The van der Waals surface area contributed by atoms with Crippen LogP contribution in [0.1, 0.15) is 15.9 Å². The van der Waals surface area contributed by atoms with Gasteiger partial charge in [-0.15, -0.1) is 0 Å². The number of nitrogens with one attached hydrogen (secondary N) is 1. The van der Waals surface area contributed by atoms with Gasteiger partial charge in [-0.25, -0.2) is 0 Å². The van der Waals surface area contributed by atoms with Gasteiger partial charge in [0, 0.05) is 5.56 Å². The molecule has 70 valence electrons. The molecule has 0 bridgehead atoms. The molecule has 0 saturated heterocycles. The molecule has 3 heteroatoms. The Kier molecular flexibility index (Phi) is 3.37. The van der Waals surface area contributed by atoms with E-state index in [2.05, 4.69) is 4.72 Å². The summed E-state index contributed by atoms with van der Waals surface area (Å²) in [6.45, 7) is 2.01. The summed E-state index contributed by atoms with van der Waals surface area (Å²) in [4.78, 5) is 11.5. The molecule has 0 aliphatic heterocycles. The van der Waals surface area contributed by atoms with E-state index in [0.29, 0.717) is 0 Å². The maximum atomic E-state index is 11.5. The van der Waals surface area contributed by atoms with Crippen LogP contribution in [0.2, 0.25) is 0 Å². The van der Waals surface area contributed by atoms with Crippen LogP contribution in [0.25, 0.3) is 0 Å². The van der Waals surface area contributed by atoms with Gasteiger partial charge in [0.15, 0.2) is 0 Å². The van der Waals surface area contributed by atoms with Gasteiger partial charge in [0.25, 0.3) is 5.91 Å². The Morgan fingerprint density at radius 2 is 1.77 bits per heavy atom. The van der Waals surface area contributed by atoms with E-state index in [1.54, 1.807) is 0 Å². The topological polar surface area (TPSA) is 29.1 Å². The second-order valence-corrected chi connectivity index (χ2v) is 4.95. The smallest absolute Gasteiger partial charge is 0.265 e. The average Bonchev–Trinajstić information content (AvgIpc) is 2.04. The molecule has 0 fully saturated rings. The SMILES string of the molecule is Cc1ccc(C(=O)N[S+](C)C)cc1. The Morgan fingerprint density at radius 1 is 1.23 bits per heavy atom. The minimum Gasteiger partial charge on any atom is -0.265 e. The van der Waals surface area contributed by atoms with Crippen molar-refractivity contribution in [1.29, 1.82) is 0 Å². The maximum Gasteiger partial charge on any atom is 0.292 e. The molecule has 0 saturated carbocycles. The first kappa shape index (κ1) is 10.1. The highest BCUT2D eigenvalue weighted by Gasteiger charge is 2.10. The number of rotatable bonds is 2. The zero-order chi connectivity index (χ0) is 9.84. The van der Waals surface area contributed by atoms with Gasteiger partial charge in [-0.2, -0.15) is 4.72 Å². The van der Waals surface area contributed by atoms with Crippen molar-refractivity contribution >= 4 is 17.0 Å². The van der Waals surface area contributed by atoms with Crippen molar-refractivity contribution in [3.8, 4) is 0 Å². The van der Waals surface area contributed by atoms with Crippen LogP contribution in [0.3, 0.4) is 0 Å². The van der Waals surface area contributed by atoms with E-state index in [1.165, 1.54) is 5.56 Å². The molecule has 2 nitrogen and oxygen atoms in total. The summed E-state index contributed by atoms with van der Waals surface area (Å²) in [5.41, 5.74) is 1.90. The van der Waals surface area contributed by atoms with Crippen LogP contribution in [-0.2, 0) is 11.1 Å². The maximum absolute atomic E-state index is 11.5. The van der Waals surface area contributed by atoms with Gasteiger partial charge >= 0.3 is 0 Å². The molecule has 0 spiro atoms. The minimum atomic E-state index is -0.0510. The molecule has 0 atom stereocenters. The van der Waals surface area contributed by atoms with Gasteiger partial charge in [0.05, 0.1) is 11.1 Å². The van der Waals surface area contributed by atoms with Crippen molar-refractivity contribution in [3.05, 3.63) is 35.4 Å². The fraction of sp³-hybridized carbons (Fsp3) is 0.300. The van der Waals surface area contributed by atoms with Gasteiger partial charge < -0.3 is 0 Å². The summed E-state index contributed by atoms with van der Waals surface area (Å²) in [5, 5.41) is 0. The summed E-state index contributed by atoms with van der Waals surface area (Å²) in [7, 11) is 0. The predicted molar refractivity (Wildman–Crippen MR) is 57.9 cm³/mol. The first-order chi connectivity index (χ1) is 6.09. The van der Waals surface area contributed by atoms with Crippen LogP contribution in [-0.4, -0.2) is 18.4 Å². The van der Waals surface area contributed by atoms with Crippen LogP contribution in [0, 0.1) is 6.92 Å². The van der Waals surface area contributed by atoms with Gasteiger partial charge in [0.2, 0.25) is 0 Å². The number of carbonyl (C=O) groups is 1. The van der Waals surface area contributed by atoms with Crippen molar-refractivity contribution in [2.45, 2.75) is 6.92 Å². The number of amides is 1. The first-order valence-electron chi connectivity index (χ1n) is 4.05.